The molecule has 6 heteroatoms. The maximum atomic E-state index is 13.5. The number of amides is 1. The fourth-order valence-corrected chi connectivity index (χ4v) is 4.65. The Morgan fingerprint density at radius 1 is 1.21 bits per heavy atom. The van der Waals surface area contributed by atoms with Gasteiger partial charge in [0.2, 0.25) is 5.91 Å². The summed E-state index contributed by atoms with van der Waals surface area (Å²) in [6.07, 6.45) is 4.49. The largest absolute Gasteiger partial charge is 0.488 e. The molecule has 148 valence electrons. The summed E-state index contributed by atoms with van der Waals surface area (Å²) in [6.45, 7) is 2.92. The summed E-state index contributed by atoms with van der Waals surface area (Å²) >= 11 is 6.05. The summed E-state index contributed by atoms with van der Waals surface area (Å²) in [5.41, 5.74) is 0.179. The molecule has 1 saturated heterocycles. The van der Waals surface area contributed by atoms with Crippen molar-refractivity contribution in [3.8, 4) is 5.75 Å². The molecule has 4 rings (SSSR count). The van der Waals surface area contributed by atoms with Gasteiger partial charge in [0.25, 0.3) is 0 Å². The molecule has 0 spiro atoms. The smallest absolute Gasteiger partial charge is 0.339 e. The molecule has 1 aromatic carbocycles. The standard InChI is InChI=1S/C22H24ClNO4/c1-15-12-19(13-20(25)27-15)28-18-8-11-24(14-18)21(26)22(9-2-3-10-22)16-4-6-17(23)7-5-16/h4-7,12-13,18H,2-3,8-11,14H2,1H3. The third-order valence-corrected chi connectivity index (χ3v) is 6.12. The van der Waals surface area contributed by atoms with Crippen LogP contribution in [0.1, 0.15) is 43.4 Å². The van der Waals surface area contributed by atoms with E-state index in [9.17, 15) is 9.59 Å². The topological polar surface area (TPSA) is 59.8 Å². The number of hydrogen-bond acceptors (Lipinski definition) is 4. The number of nitrogens with zero attached hydrogens (tertiary/aromatic N) is 1. The molecule has 2 fully saturated rings. The summed E-state index contributed by atoms with van der Waals surface area (Å²) in [5.74, 6) is 1.20. The molecule has 28 heavy (non-hydrogen) atoms. The number of carbonyl (C=O) groups excluding carboxylic acids is 1. The lowest BCUT2D eigenvalue weighted by Gasteiger charge is -2.33. The Kier molecular flexibility index (Phi) is 5.19. The SMILES string of the molecule is Cc1cc(OC2CCN(C(=O)C3(c4ccc(Cl)cc4)CCCC3)C2)cc(=O)o1. The quantitative estimate of drug-likeness (QED) is 0.774. The van der Waals surface area contributed by atoms with E-state index in [1.165, 1.54) is 6.07 Å². The van der Waals surface area contributed by atoms with Crippen LogP contribution in [0.5, 0.6) is 5.75 Å². The minimum absolute atomic E-state index is 0.117. The Labute approximate surface area is 169 Å². The van der Waals surface area contributed by atoms with Gasteiger partial charge >= 0.3 is 5.63 Å². The molecule has 0 radical (unpaired) electrons. The Morgan fingerprint density at radius 2 is 1.93 bits per heavy atom. The number of halogens is 1. The van der Waals surface area contributed by atoms with Gasteiger partial charge in [0.1, 0.15) is 17.6 Å². The van der Waals surface area contributed by atoms with Crippen LogP contribution in [-0.4, -0.2) is 30.0 Å². The first kappa shape index (κ1) is 19.1. The highest BCUT2D eigenvalue weighted by atomic mass is 35.5. The highest BCUT2D eigenvalue weighted by molar-refractivity contribution is 6.30. The Bertz CT molecular complexity index is 915. The molecule has 1 amide bonds. The van der Waals surface area contributed by atoms with E-state index < -0.39 is 11.0 Å². The maximum absolute atomic E-state index is 13.5. The molecule has 1 saturated carbocycles. The highest BCUT2D eigenvalue weighted by Crippen LogP contribution is 2.43. The molecule has 1 unspecified atom stereocenters. The summed E-state index contributed by atoms with van der Waals surface area (Å²) in [7, 11) is 0. The number of rotatable bonds is 4. The molecule has 2 aliphatic rings. The van der Waals surface area contributed by atoms with Crippen molar-refractivity contribution in [2.24, 2.45) is 0 Å². The van der Waals surface area contributed by atoms with Crippen molar-refractivity contribution in [2.45, 2.75) is 50.5 Å². The normalized spacial score (nSPS) is 21.1. The first-order valence-electron chi connectivity index (χ1n) is 9.80. The molecule has 0 bridgehead atoms. The average Bonchev–Trinajstić information content (AvgIpc) is 3.31. The number of benzene rings is 1. The number of hydrogen-bond donors (Lipinski definition) is 0. The second-order valence-electron chi connectivity index (χ2n) is 7.80. The van der Waals surface area contributed by atoms with E-state index in [1.807, 2.05) is 29.2 Å². The van der Waals surface area contributed by atoms with Gasteiger partial charge in [0.15, 0.2) is 0 Å². The molecule has 1 atom stereocenters. The fourth-order valence-electron chi connectivity index (χ4n) is 4.52. The molecule has 0 N–H and O–H groups in total. The van der Waals surface area contributed by atoms with Gasteiger partial charge in [-0.2, -0.15) is 0 Å². The van der Waals surface area contributed by atoms with Gasteiger partial charge < -0.3 is 14.1 Å². The summed E-state index contributed by atoms with van der Waals surface area (Å²) in [4.78, 5) is 27.0. The van der Waals surface area contributed by atoms with Crippen LogP contribution >= 0.6 is 11.6 Å². The lowest BCUT2D eigenvalue weighted by atomic mass is 9.77. The van der Waals surface area contributed by atoms with Crippen LogP contribution in [0.15, 0.2) is 45.6 Å². The van der Waals surface area contributed by atoms with Crippen LogP contribution in [0.25, 0.3) is 0 Å². The monoisotopic (exact) mass is 401 g/mol. The molecule has 1 aromatic heterocycles. The van der Waals surface area contributed by atoms with Crippen LogP contribution in [0, 0.1) is 6.92 Å². The zero-order valence-electron chi connectivity index (χ0n) is 15.9. The van der Waals surface area contributed by atoms with E-state index in [4.69, 9.17) is 20.8 Å². The first-order valence-corrected chi connectivity index (χ1v) is 10.2. The number of likely N-dealkylation sites (tertiary alicyclic amines) is 1. The van der Waals surface area contributed by atoms with Crippen molar-refractivity contribution in [2.75, 3.05) is 13.1 Å². The zero-order valence-corrected chi connectivity index (χ0v) is 16.7. The minimum atomic E-state index is -0.454. The fraction of sp³-hybridized carbons (Fsp3) is 0.455. The van der Waals surface area contributed by atoms with Gasteiger partial charge in [-0.25, -0.2) is 4.79 Å². The van der Waals surface area contributed by atoms with E-state index in [0.717, 1.165) is 37.7 Å². The van der Waals surface area contributed by atoms with Crippen molar-refractivity contribution in [3.63, 3.8) is 0 Å². The Balaban J connectivity index is 1.50. The summed E-state index contributed by atoms with van der Waals surface area (Å²) in [5, 5.41) is 0.682. The van der Waals surface area contributed by atoms with Crippen LogP contribution < -0.4 is 10.4 Å². The van der Waals surface area contributed by atoms with Crippen LogP contribution in [0.3, 0.4) is 0 Å². The molecular formula is C22H24ClNO4. The van der Waals surface area contributed by atoms with Crippen molar-refractivity contribution in [1.82, 2.24) is 4.90 Å². The molecule has 5 nitrogen and oxygen atoms in total. The van der Waals surface area contributed by atoms with Gasteiger partial charge in [-0.15, -0.1) is 0 Å². The van der Waals surface area contributed by atoms with Crippen molar-refractivity contribution in [3.05, 3.63) is 63.2 Å². The van der Waals surface area contributed by atoms with Crippen LogP contribution in [0.2, 0.25) is 5.02 Å². The van der Waals surface area contributed by atoms with Crippen LogP contribution in [-0.2, 0) is 10.2 Å². The Morgan fingerprint density at radius 3 is 2.61 bits per heavy atom. The predicted octanol–water partition coefficient (Wildman–Crippen LogP) is 4.09. The van der Waals surface area contributed by atoms with Gasteiger partial charge in [0.05, 0.1) is 18.0 Å². The van der Waals surface area contributed by atoms with Crippen molar-refractivity contribution >= 4 is 17.5 Å². The minimum Gasteiger partial charge on any atom is -0.488 e. The third kappa shape index (κ3) is 3.68. The van der Waals surface area contributed by atoms with Gasteiger partial charge in [-0.1, -0.05) is 36.6 Å². The van der Waals surface area contributed by atoms with E-state index in [-0.39, 0.29) is 12.0 Å². The lowest BCUT2D eigenvalue weighted by molar-refractivity contribution is -0.136. The van der Waals surface area contributed by atoms with E-state index in [1.54, 1.807) is 13.0 Å². The molecule has 1 aliphatic heterocycles. The average molecular weight is 402 g/mol. The highest BCUT2D eigenvalue weighted by Gasteiger charge is 2.46. The van der Waals surface area contributed by atoms with Gasteiger partial charge in [-0.05, 0) is 37.5 Å². The van der Waals surface area contributed by atoms with Gasteiger partial charge in [-0.3, -0.25) is 4.79 Å². The molecular weight excluding hydrogens is 378 g/mol. The Hall–Kier alpha value is -2.27. The van der Waals surface area contributed by atoms with E-state index >= 15 is 0 Å². The number of carbonyl (C=O) groups is 1. The zero-order chi connectivity index (χ0) is 19.7. The summed E-state index contributed by atoms with van der Waals surface area (Å²) < 4.78 is 10.9. The maximum Gasteiger partial charge on any atom is 0.339 e. The second kappa shape index (κ2) is 7.63. The first-order chi connectivity index (χ1) is 13.5. The second-order valence-corrected chi connectivity index (χ2v) is 8.24. The summed E-state index contributed by atoms with van der Waals surface area (Å²) in [6, 6.07) is 10.8. The van der Waals surface area contributed by atoms with E-state index in [2.05, 4.69) is 0 Å². The van der Waals surface area contributed by atoms with Crippen molar-refractivity contribution in [1.29, 1.82) is 0 Å². The van der Waals surface area contributed by atoms with Crippen molar-refractivity contribution < 1.29 is 13.9 Å². The number of aryl methyl sites for hydroxylation is 1. The van der Waals surface area contributed by atoms with E-state index in [0.29, 0.717) is 29.6 Å². The van der Waals surface area contributed by atoms with Gasteiger partial charge in [0, 0.05) is 24.1 Å². The predicted molar refractivity (Wildman–Crippen MR) is 107 cm³/mol. The van der Waals surface area contributed by atoms with Crippen LogP contribution in [0.4, 0.5) is 0 Å². The lowest BCUT2D eigenvalue weighted by Crippen LogP contribution is -2.45. The molecule has 1 aliphatic carbocycles. The third-order valence-electron chi connectivity index (χ3n) is 5.87. The number of ether oxygens (including phenoxy) is 1. The molecule has 2 aromatic rings. The molecule has 2 heterocycles.